The summed E-state index contributed by atoms with van der Waals surface area (Å²) in [5.41, 5.74) is 0. The summed E-state index contributed by atoms with van der Waals surface area (Å²) in [6.07, 6.45) is 16.5. The van der Waals surface area contributed by atoms with Crippen LogP contribution >= 0.6 is 24.1 Å². The van der Waals surface area contributed by atoms with Crippen LogP contribution in [0, 0.1) is 0 Å². The molecule has 116 valence electrons. The van der Waals surface area contributed by atoms with Crippen LogP contribution in [0.3, 0.4) is 0 Å². The van der Waals surface area contributed by atoms with Gasteiger partial charge in [0.1, 0.15) is 0 Å². The molecule has 0 atom stereocenters. The second-order valence-corrected chi connectivity index (χ2v) is 7.08. The van der Waals surface area contributed by atoms with Gasteiger partial charge in [0.2, 0.25) is 0 Å². The van der Waals surface area contributed by atoms with E-state index in [9.17, 15) is 0 Å². The molecule has 0 aliphatic heterocycles. The fraction of sp³-hybridized carbons (Fsp3) is 1.00. The molecule has 0 aliphatic rings. The van der Waals surface area contributed by atoms with Gasteiger partial charge >= 0.3 is 0 Å². The zero-order chi connectivity index (χ0) is 14.0. The molecule has 0 saturated heterocycles. The van der Waals surface area contributed by atoms with Gasteiger partial charge in [0, 0.05) is 35.6 Å². The van der Waals surface area contributed by atoms with Crippen molar-refractivity contribution in [3.8, 4) is 0 Å². The van der Waals surface area contributed by atoms with Gasteiger partial charge in [-0.15, -0.1) is 0 Å². The quantitative estimate of drug-likeness (QED) is 0.224. The molecule has 1 nitrogen and oxygen atoms in total. The predicted octanol–water partition coefficient (Wildman–Crippen LogP) is 7.02. The highest BCUT2D eigenvalue weighted by Crippen LogP contribution is 2.19. The summed E-state index contributed by atoms with van der Waals surface area (Å²) in [5, 5.41) is 0. The molecule has 0 aromatic rings. The van der Waals surface area contributed by atoms with Crippen molar-refractivity contribution in [3.05, 3.63) is 0 Å². The zero-order valence-electron chi connectivity index (χ0n) is 13.1. The van der Waals surface area contributed by atoms with Crippen molar-refractivity contribution >= 4 is 24.1 Å². The molecule has 0 rings (SSSR count). The highest BCUT2D eigenvalue weighted by molar-refractivity contribution is 8.07. The Morgan fingerprint density at radius 3 is 1.32 bits per heavy atom. The molecule has 0 spiro atoms. The molecule has 0 aromatic heterocycles. The standard InChI is InChI=1S/C16H34OS2/c1-3-5-7-9-11-13-15-18-17-19-16-14-12-10-8-6-4-2/h3-16H2,1-2H3. The first-order valence-corrected chi connectivity index (χ1v) is 10.1. The van der Waals surface area contributed by atoms with Gasteiger partial charge in [-0.05, 0) is 12.8 Å². The van der Waals surface area contributed by atoms with E-state index >= 15 is 0 Å². The second kappa shape index (κ2) is 18.7. The van der Waals surface area contributed by atoms with Crippen molar-refractivity contribution in [2.75, 3.05) is 11.5 Å². The summed E-state index contributed by atoms with van der Waals surface area (Å²) >= 11 is 3.30. The Labute approximate surface area is 130 Å². The van der Waals surface area contributed by atoms with Crippen molar-refractivity contribution in [3.63, 3.8) is 0 Å². The molecule has 0 aromatic carbocycles. The molecule has 0 aliphatic carbocycles. The molecule has 0 bridgehead atoms. The van der Waals surface area contributed by atoms with Crippen LogP contribution in [0.5, 0.6) is 0 Å². The maximum Gasteiger partial charge on any atom is 0.0210 e. The summed E-state index contributed by atoms with van der Waals surface area (Å²) in [6.45, 7) is 4.54. The van der Waals surface area contributed by atoms with Gasteiger partial charge in [-0.2, -0.15) is 0 Å². The van der Waals surface area contributed by atoms with Crippen LogP contribution in [-0.2, 0) is 3.63 Å². The Bertz CT molecular complexity index is 138. The van der Waals surface area contributed by atoms with E-state index in [1.165, 1.54) is 77.0 Å². The lowest BCUT2D eigenvalue weighted by Gasteiger charge is -2.02. The number of hydrogen-bond acceptors (Lipinski definition) is 3. The first-order chi connectivity index (χ1) is 9.41. The molecule has 0 amide bonds. The molecule has 0 unspecified atom stereocenters. The van der Waals surface area contributed by atoms with Crippen molar-refractivity contribution in [1.29, 1.82) is 0 Å². The first kappa shape index (κ1) is 19.7. The monoisotopic (exact) mass is 306 g/mol. The molecule has 0 saturated carbocycles. The van der Waals surface area contributed by atoms with E-state index in [0.717, 1.165) is 11.5 Å². The van der Waals surface area contributed by atoms with E-state index in [2.05, 4.69) is 13.8 Å². The van der Waals surface area contributed by atoms with Crippen LogP contribution in [0.2, 0.25) is 0 Å². The lowest BCUT2D eigenvalue weighted by molar-refractivity contribution is 0.621. The van der Waals surface area contributed by atoms with E-state index in [-0.39, 0.29) is 0 Å². The fourth-order valence-corrected chi connectivity index (χ4v) is 3.45. The van der Waals surface area contributed by atoms with Crippen molar-refractivity contribution in [1.82, 2.24) is 0 Å². The van der Waals surface area contributed by atoms with E-state index in [4.69, 9.17) is 3.63 Å². The highest BCUT2D eigenvalue weighted by Gasteiger charge is 1.95. The average molecular weight is 307 g/mol. The molecule has 0 heterocycles. The van der Waals surface area contributed by atoms with Crippen molar-refractivity contribution < 1.29 is 3.63 Å². The van der Waals surface area contributed by atoms with Crippen LogP contribution in [0.1, 0.15) is 90.9 Å². The third kappa shape index (κ3) is 18.7. The molecule has 0 N–H and O–H groups in total. The van der Waals surface area contributed by atoms with E-state index < -0.39 is 0 Å². The summed E-state index contributed by atoms with van der Waals surface area (Å²) < 4.78 is 5.52. The zero-order valence-corrected chi connectivity index (χ0v) is 14.8. The minimum absolute atomic E-state index is 1.16. The number of unbranched alkanes of at least 4 members (excludes halogenated alkanes) is 10. The van der Waals surface area contributed by atoms with Crippen LogP contribution in [0.4, 0.5) is 0 Å². The lowest BCUT2D eigenvalue weighted by atomic mass is 10.1. The Morgan fingerprint density at radius 2 is 0.895 bits per heavy atom. The van der Waals surface area contributed by atoms with E-state index in [1.807, 2.05) is 0 Å². The minimum atomic E-state index is 1.16. The second-order valence-electron chi connectivity index (χ2n) is 5.25. The normalized spacial score (nSPS) is 11.1. The van der Waals surface area contributed by atoms with Gasteiger partial charge in [-0.25, -0.2) is 3.63 Å². The van der Waals surface area contributed by atoms with Gasteiger partial charge in [-0.1, -0.05) is 78.1 Å². The summed E-state index contributed by atoms with van der Waals surface area (Å²) in [7, 11) is 0. The third-order valence-electron chi connectivity index (χ3n) is 3.26. The van der Waals surface area contributed by atoms with E-state index in [1.54, 1.807) is 24.1 Å². The summed E-state index contributed by atoms with van der Waals surface area (Å²) in [4.78, 5) is 0. The van der Waals surface area contributed by atoms with Crippen LogP contribution < -0.4 is 0 Å². The van der Waals surface area contributed by atoms with Crippen molar-refractivity contribution in [2.24, 2.45) is 0 Å². The Kier molecular flexibility index (Phi) is 19.3. The molecular formula is C16H34OS2. The van der Waals surface area contributed by atoms with Gasteiger partial charge in [0.15, 0.2) is 0 Å². The lowest BCUT2D eigenvalue weighted by Crippen LogP contribution is -1.84. The molecule has 3 heteroatoms. The van der Waals surface area contributed by atoms with Crippen LogP contribution in [0.25, 0.3) is 0 Å². The van der Waals surface area contributed by atoms with Gasteiger partial charge in [0.25, 0.3) is 0 Å². The van der Waals surface area contributed by atoms with Crippen molar-refractivity contribution in [2.45, 2.75) is 90.9 Å². The molecule has 0 fully saturated rings. The molecule has 0 radical (unpaired) electrons. The largest absolute Gasteiger partial charge is 0.247 e. The smallest absolute Gasteiger partial charge is 0.0210 e. The average Bonchev–Trinajstić information content (AvgIpc) is 2.43. The maximum atomic E-state index is 5.52. The first-order valence-electron chi connectivity index (χ1n) is 8.32. The molecular weight excluding hydrogens is 272 g/mol. The fourth-order valence-electron chi connectivity index (χ4n) is 1.98. The van der Waals surface area contributed by atoms with Gasteiger partial charge in [0.05, 0.1) is 0 Å². The third-order valence-corrected chi connectivity index (χ3v) is 4.94. The predicted molar refractivity (Wildman–Crippen MR) is 92.8 cm³/mol. The minimum Gasteiger partial charge on any atom is -0.247 e. The Hall–Kier alpha value is 0.660. The summed E-state index contributed by atoms with van der Waals surface area (Å²) in [5.74, 6) is 2.32. The Balaban J connectivity index is 2.88. The topological polar surface area (TPSA) is 9.23 Å². The SMILES string of the molecule is CCCCCCCCSOSCCCCCCCC. The van der Waals surface area contributed by atoms with Crippen LogP contribution in [0.15, 0.2) is 0 Å². The van der Waals surface area contributed by atoms with Gasteiger partial charge in [-0.3, -0.25) is 0 Å². The number of hydrogen-bond donors (Lipinski definition) is 0. The number of rotatable bonds is 16. The van der Waals surface area contributed by atoms with E-state index in [0.29, 0.717) is 0 Å². The van der Waals surface area contributed by atoms with Gasteiger partial charge < -0.3 is 0 Å². The Morgan fingerprint density at radius 1 is 0.526 bits per heavy atom. The van der Waals surface area contributed by atoms with Crippen LogP contribution in [-0.4, -0.2) is 11.5 Å². The maximum absolute atomic E-state index is 5.52. The summed E-state index contributed by atoms with van der Waals surface area (Å²) in [6, 6.07) is 0. The highest BCUT2D eigenvalue weighted by atomic mass is 32.2. The molecule has 19 heavy (non-hydrogen) atoms.